The highest BCUT2D eigenvalue weighted by atomic mass is 79.9. The summed E-state index contributed by atoms with van der Waals surface area (Å²) >= 11 is 3.18. The number of piperazine rings is 1. The average molecular weight is 516 g/mol. The number of aliphatic carboxylic acids is 1. The molecule has 0 aromatic carbocycles. The van der Waals surface area contributed by atoms with Crippen LogP contribution in [0.2, 0.25) is 19.1 Å². The first-order valence-corrected chi connectivity index (χ1v) is 13.2. The van der Waals surface area contributed by atoms with Crippen molar-refractivity contribution in [3.05, 3.63) is 20.8 Å². The molecule has 1 saturated heterocycles. The average Bonchev–Trinajstić information content (AvgIpc) is 3.09. The van der Waals surface area contributed by atoms with Gasteiger partial charge in [0.2, 0.25) is 10.5 Å². The van der Waals surface area contributed by atoms with Crippen molar-refractivity contribution in [2.24, 2.45) is 0 Å². The highest BCUT2D eigenvalue weighted by Crippen LogP contribution is 2.22. The second kappa shape index (κ2) is 9.78. The van der Waals surface area contributed by atoms with E-state index in [1.807, 2.05) is 0 Å². The maximum atomic E-state index is 13.3. The lowest BCUT2D eigenvalue weighted by Gasteiger charge is -2.35. The van der Waals surface area contributed by atoms with Crippen molar-refractivity contribution < 1.29 is 24.5 Å². The topological polar surface area (TPSA) is 142 Å². The van der Waals surface area contributed by atoms with Crippen LogP contribution in [0.3, 0.4) is 0 Å². The van der Waals surface area contributed by atoms with Gasteiger partial charge in [0, 0.05) is 26.2 Å². The van der Waals surface area contributed by atoms with Gasteiger partial charge in [0.1, 0.15) is 12.4 Å². The van der Waals surface area contributed by atoms with Crippen LogP contribution in [-0.2, 0) is 22.7 Å². The first-order chi connectivity index (χ1) is 14.7. The second-order valence-corrected chi connectivity index (χ2v) is 11.1. The van der Waals surface area contributed by atoms with E-state index in [0.717, 1.165) is 10.6 Å². The number of aromatic nitrogens is 4. The van der Waals surface area contributed by atoms with E-state index < -0.39 is 32.8 Å². The third kappa shape index (κ3) is 5.24. The minimum atomic E-state index is -1.10. The van der Waals surface area contributed by atoms with Crippen LogP contribution in [-0.4, -0.2) is 87.9 Å². The zero-order chi connectivity index (χ0) is 22.7. The fraction of sp³-hybridized carbons (Fsp3) is 0.588. The quantitative estimate of drug-likeness (QED) is 0.385. The van der Waals surface area contributed by atoms with E-state index in [0.29, 0.717) is 6.61 Å². The summed E-state index contributed by atoms with van der Waals surface area (Å²) in [4.78, 5) is 43.3. The van der Waals surface area contributed by atoms with Crippen molar-refractivity contribution >= 4 is 48.3 Å². The Morgan fingerprint density at radius 1 is 1.19 bits per heavy atom. The van der Waals surface area contributed by atoms with Crippen molar-refractivity contribution in [1.82, 2.24) is 24.1 Å². The summed E-state index contributed by atoms with van der Waals surface area (Å²) in [7, 11) is -0.479. The standard InChI is InChI=1S/C17H23BrN6O6Si/c1-31(2)8-7-30-10-23-11(9-12(25)26)13(14(27)24-16(23)19-15(18)20-24)21-3-5-22(6-4-21)17(28)29/h3-10H2,1-2H3,(H-,25,26,28,29)/p+1. The van der Waals surface area contributed by atoms with Gasteiger partial charge in [-0.3, -0.25) is 14.2 Å². The zero-order valence-corrected chi connectivity index (χ0v) is 19.8. The Hall–Kier alpha value is -2.45. The molecule has 0 atom stereocenters. The second-order valence-electron chi connectivity index (χ2n) is 7.44. The van der Waals surface area contributed by atoms with Crippen LogP contribution in [0, 0.1) is 0 Å². The van der Waals surface area contributed by atoms with Gasteiger partial charge in [-0.05, 0) is 15.9 Å². The Kier molecular flexibility index (Phi) is 7.33. The molecule has 12 nitrogen and oxygen atoms in total. The number of fused-ring (bicyclic) bond motifs is 1. The molecule has 0 radical (unpaired) electrons. The maximum Gasteiger partial charge on any atom is 0.407 e. The molecule has 0 aliphatic carbocycles. The van der Waals surface area contributed by atoms with E-state index in [9.17, 15) is 24.6 Å². The SMILES string of the molecule is C[Si+](C)CCOCn1c(CC(=O)O)c(N2CCN(C(=O)O)CC2)c(=O)n2nc(Br)nc12. The molecule has 1 aliphatic rings. The van der Waals surface area contributed by atoms with Gasteiger partial charge in [-0.25, -0.2) is 4.79 Å². The zero-order valence-electron chi connectivity index (χ0n) is 17.2. The number of hydrogen-bond acceptors (Lipinski definition) is 7. The molecular weight excluding hydrogens is 492 g/mol. The summed E-state index contributed by atoms with van der Waals surface area (Å²) in [5.74, 6) is -0.923. The van der Waals surface area contributed by atoms with Crippen molar-refractivity contribution in [2.75, 3.05) is 37.7 Å². The van der Waals surface area contributed by atoms with Crippen LogP contribution in [0.15, 0.2) is 9.53 Å². The minimum absolute atomic E-state index is 0.0226. The molecule has 2 N–H and O–H groups in total. The summed E-state index contributed by atoms with van der Waals surface area (Å²) in [5.41, 5.74) is -0.0686. The van der Waals surface area contributed by atoms with Gasteiger partial charge >= 0.3 is 20.9 Å². The lowest BCUT2D eigenvalue weighted by molar-refractivity contribution is -0.136. The van der Waals surface area contributed by atoms with Gasteiger partial charge in [0.15, 0.2) is 0 Å². The molecule has 0 saturated carbocycles. The molecule has 3 heterocycles. The summed E-state index contributed by atoms with van der Waals surface area (Å²) in [6.45, 7) is 5.80. The Bertz CT molecular complexity index is 1030. The smallest absolute Gasteiger partial charge is 0.407 e. The molecule has 14 heteroatoms. The predicted molar refractivity (Wildman–Crippen MR) is 116 cm³/mol. The summed E-state index contributed by atoms with van der Waals surface area (Å²) in [6, 6.07) is 0.926. The number of carbonyl (C=O) groups is 2. The molecule has 1 amide bonds. The fourth-order valence-corrected chi connectivity index (χ4v) is 4.26. The highest BCUT2D eigenvalue weighted by molar-refractivity contribution is 9.10. The van der Waals surface area contributed by atoms with Crippen LogP contribution in [0.4, 0.5) is 10.5 Å². The number of halogens is 1. The Balaban J connectivity index is 2.07. The van der Waals surface area contributed by atoms with Crippen LogP contribution in [0.1, 0.15) is 5.69 Å². The summed E-state index contributed by atoms with van der Waals surface area (Å²) < 4.78 is 8.67. The van der Waals surface area contributed by atoms with Crippen LogP contribution in [0.25, 0.3) is 5.78 Å². The van der Waals surface area contributed by atoms with E-state index in [1.165, 1.54) is 4.90 Å². The molecule has 0 spiro atoms. The molecule has 31 heavy (non-hydrogen) atoms. The van der Waals surface area contributed by atoms with E-state index in [-0.39, 0.29) is 54.8 Å². The summed E-state index contributed by atoms with van der Waals surface area (Å²) in [5, 5.41) is 22.8. The Labute approximate surface area is 187 Å². The Morgan fingerprint density at radius 2 is 1.87 bits per heavy atom. The van der Waals surface area contributed by atoms with Gasteiger partial charge in [-0.15, -0.1) is 5.10 Å². The lowest BCUT2D eigenvalue weighted by atomic mass is 10.2. The van der Waals surface area contributed by atoms with E-state index in [4.69, 9.17) is 4.74 Å². The molecule has 1 fully saturated rings. The van der Waals surface area contributed by atoms with Gasteiger partial charge in [-0.1, -0.05) is 0 Å². The van der Waals surface area contributed by atoms with Crippen molar-refractivity contribution in [3.63, 3.8) is 0 Å². The number of carboxylic acid groups (broad SMARTS) is 2. The highest BCUT2D eigenvalue weighted by Gasteiger charge is 2.29. The lowest BCUT2D eigenvalue weighted by Crippen LogP contribution is -2.50. The fourth-order valence-electron chi connectivity index (χ4n) is 3.39. The first kappa shape index (κ1) is 23.2. The number of nitrogens with zero attached hydrogens (tertiary/aromatic N) is 6. The van der Waals surface area contributed by atoms with Gasteiger partial charge < -0.3 is 24.7 Å². The molecule has 0 bridgehead atoms. The van der Waals surface area contributed by atoms with Gasteiger partial charge in [0.25, 0.3) is 5.56 Å². The van der Waals surface area contributed by atoms with Crippen LogP contribution in [0.5, 0.6) is 0 Å². The molecule has 3 rings (SSSR count). The third-order valence-corrected chi connectivity index (χ3v) is 6.49. The molecule has 0 unspecified atom stereocenters. The minimum Gasteiger partial charge on any atom is -0.481 e. The Morgan fingerprint density at radius 3 is 2.45 bits per heavy atom. The van der Waals surface area contributed by atoms with Gasteiger partial charge in [0.05, 0.1) is 37.9 Å². The van der Waals surface area contributed by atoms with Gasteiger partial charge in [-0.2, -0.15) is 9.50 Å². The number of amides is 1. The van der Waals surface area contributed by atoms with Crippen LogP contribution >= 0.6 is 15.9 Å². The van der Waals surface area contributed by atoms with E-state index in [2.05, 4.69) is 39.1 Å². The third-order valence-electron chi connectivity index (χ3n) is 4.95. The molecule has 2 aromatic heterocycles. The maximum absolute atomic E-state index is 13.3. The number of anilines is 1. The van der Waals surface area contributed by atoms with Crippen LogP contribution < -0.4 is 10.5 Å². The van der Waals surface area contributed by atoms with Crippen molar-refractivity contribution in [3.8, 4) is 0 Å². The number of hydrogen-bond donors (Lipinski definition) is 2. The monoisotopic (exact) mass is 515 g/mol. The number of rotatable bonds is 8. The largest absolute Gasteiger partial charge is 0.481 e. The summed E-state index contributed by atoms with van der Waals surface area (Å²) in [6.07, 6.45) is -1.44. The predicted octanol–water partition coefficient (Wildman–Crippen LogP) is 0.809. The van der Waals surface area contributed by atoms with E-state index in [1.54, 1.807) is 9.47 Å². The normalized spacial score (nSPS) is 14.3. The van der Waals surface area contributed by atoms with Crippen molar-refractivity contribution in [1.29, 1.82) is 0 Å². The molecule has 2 aromatic rings. The number of ether oxygens (including phenoxy) is 1. The van der Waals surface area contributed by atoms with Crippen molar-refractivity contribution in [2.45, 2.75) is 32.3 Å². The molecule has 1 aliphatic heterocycles. The molecule has 168 valence electrons. The number of carboxylic acids is 1. The first-order valence-electron chi connectivity index (χ1n) is 9.68. The van der Waals surface area contributed by atoms with E-state index >= 15 is 0 Å². The molecular formula is C17H24BrN6O6Si+.